The fourth-order valence-electron chi connectivity index (χ4n) is 2.58. The maximum Gasteiger partial charge on any atom is 0.235 e. The number of phenolic OH excluding ortho intramolecular Hbond substituents is 1. The molecule has 0 atom stereocenters. The van der Waals surface area contributed by atoms with E-state index >= 15 is 0 Å². The number of halogens is 1. The van der Waals surface area contributed by atoms with Crippen LogP contribution in [0.2, 0.25) is 5.02 Å². The number of benzene rings is 1. The van der Waals surface area contributed by atoms with Gasteiger partial charge in [0.05, 0.1) is 0 Å². The maximum absolute atomic E-state index is 10.6. The van der Waals surface area contributed by atoms with Crippen LogP contribution in [0.1, 0.15) is 36.8 Å². The van der Waals surface area contributed by atoms with Gasteiger partial charge in [0, 0.05) is 10.6 Å². The van der Waals surface area contributed by atoms with Crippen molar-refractivity contribution in [2.75, 3.05) is 0 Å². The first-order valence-corrected chi connectivity index (χ1v) is 6.05. The molecule has 1 aliphatic carbocycles. The zero-order valence-corrected chi connectivity index (χ0v) is 10.4. The molecular weight excluding hydrogens is 238 g/mol. The van der Waals surface area contributed by atoms with Gasteiger partial charge >= 0.3 is 0 Å². The molecule has 3 nitrogen and oxygen atoms in total. The summed E-state index contributed by atoms with van der Waals surface area (Å²) in [4.78, 5) is 14.6. The first-order chi connectivity index (χ1) is 8.09. The lowest BCUT2D eigenvalue weighted by atomic mass is 9.87. The number of isocyanates is 1. The number of carbonyl (C=O) groups excluding carboxylic acids is 1. The van der Waals surface area contributed by atoms with Crippen molar-refractivity contribution in [3.05, 3.63) is 28.3 Å². The molecule has 0 bridgehead atoms. The van der Waals surface area contributed by atoms with Gasteiger partial charge < -0.3 is 5.11 Å². The SMILES string of the molecule is Cc1cc(Cl)cc(C2(N=C=O)CCCC2)c1O. The molecule has 1 aromatic carbocycles. The van der Waals surface area contributed by atoms with E-state index in [4.69, 9.17) is 11.6 Å². The monoisotopic (exact) mass is 251 g/mol. The highest BCUT2D eigenvalue weighted by Gasteiger charge is 2.38. The Labute approximate surface area is 105 Å². The molecule has 1 aromatic rings. The van der Waals surface area contributed by atoms with E-state index in [-0.39, 0.29) is 5.75 Å². The fraction of sp³-hybridized carbons (Fsp3) is 0.462. The Morgan fingerprint density at radius 1 is 1.41 bits per heavy atom. The summed E-state index contributed by atoms with van der Waals surface area (Å²) >= 11 is 6.01. The van der Waals surface area contributed by atoms with Crippen LogP contribution in [0.5, 0.6) is 5.75 Å². The second-order valence-corrected chi connectivity index (χ2v) is 5.00. The van der Waals surface area contributed by atoms with Gasteiger partial charge in [0.15, 0.2) is 0 Å². The predicted molar refractivity (Wildman–Crippen MR) is 66.1 cm³/mol. The van der Waals surface area contributed by atoms with Crippen molar-refractivity contribution in [2.24, 2.45) is 4.99 Å². The zero-order chi connectivity index (χ0) is 12.5. The number of hydrogen-bond acceptors (Lipinski definition) is 3. The van der Waals surface area contributed by atoms with Gasteiger partial charge in [-0.05, 0) is 37.5 Å². The summed E-state index contributed by atoms with van der Waals surface area (Å²) in [5.41, 5.74) is 0.741. The number of hydrogen-bond donors (Lipinski definition) is 1. The van der Waals surface area contributed by atoms with Gasteiger partial charge in [-0.1, -0.05) is 24.4 Å². The summed E-state index contributed by atoms with van der Waals surface area (Å²) in [5.74, 6) is 0.190. The first kappa shape index (κ1) is 12.2. The molecule has 1 N–H and O–H groups in total. The van der Waals surface area contributed by atoms with Crippen LogP contribution in [0.4, 0.5) is 0 Å². The molecule has 1 fully saturated rings. The van der Waals surface area contributed by atoms with E-state index in [0.717, 1.165) is 25.7 Å². The summed E-state index contributed by atoms with van der Waals surface area (Å²) in [6.07, 6.45) is 5.15. The number of phenols is 1. The standard InChI is InChI=1S/C13H14ClNO2/c1-9-6-10(14)7-11(12(9)17)13(15-8-16)4-2-3-5-13/h6-7,17H,2-5H2,1H3. The van der Waals surface area contributed by atoms with Crippen molar-refractivity contribution in [3.63, 3.8) is 0 Å². The van der Waals surface area contributed by atoms with Gasteiger partial charge in [-0.2, -0.15) is 4.99 Å². The van der Waals surface area contributed by atoms with Crippen LogP contribution in [0.3, 0.4) is 0 Å². The molecule has 0 aliphatic heterocycles. The highest BCUT2D eigenvalue weighted by Crippen LogP contribution is 2.46. The molecule has 90 valence electrons. The van der Waals surface area contributed by atoms with Crippen LogP contribution in [-0.2, 0) is 10.3 Å². The second kappa shape index (κ2) is 4.52. The molecule has 2 rings (SSSR count). The van der Waals surface area contributed by atoms with E-state index in [0.29, 0.717) is 16.1 Å². The Balaban J connectivity index is 2.61. The number of aromatic hydroxyl groups is 1. The second-order valence-electron chi connectivity index (χ2n) is 4.56. The van der Waals surface area contributed by atoms with E-state index in [1.165, 1.54) is 0 Å². The minimum atomic E-state index is -0.624. The Morgan fingerprint density at radius 3 is 2.65 bits per heavy atom. The summed E-state index contributed by atoms with van der Waals surface area (Å²) in [6.45, 7) is 1.79. The molecule has 0 radical (unpaired) electrons. The topological polar surface area (TPSA) is 49.7 Å². The molecule has 4 heteroatoms. The van der Waals surface area contributed by atoms with E-state index in [1.807, 2.05) is 0 Å². The van der Waals surface area contributed by atoms with Crippen LogP contribution >= 0.6 is 11.6 Å². The molecule has 0 saturated heterocycles. The van der Waals surface area contributed by atoms with Crippen LogP contribution in [0.25, 0.3) is 0 Å². The van der Waals surface area contributed by atoms with Gasteiger partial charge in [-0.3, -0.25) is 0 Å². The molecular formula is C13H14ClNO2. The average molecular weight is 252 g/mol. The molecule has 1 saturated carbocycles. The van der Waals surface area contributed by atoms with E-state index in [2.05, 4.69) is 4.99 Å². The summed E-state index contributed by atoms with van der Waals surface area (Å²) < 4.78 is 0. The molecule has 0 amide bonds. The van der Waals surface area contributed by atoms with E-state index < -0.39 is 5.54 Å². The van der Waals surface area contributed by atoms with Crippen LogP contribution in [0.15, 0.2) is 17.1 Å². The third-order valence-corrected chi connectivity index (χ3v) is 3.68. The molecule has 0 unspecified atom stereocenters. The average Bonchev–Trinajstić information content (AvgIpc) is 2.73. The molecule has 0 aromatic heterocycles. The summed E-state index contributed by atoms with van der Waals surface area (Å²) in [7, 11) is 0. The Morgan fingerprint density at radius 2 is 2.06 bits per heavy atom. The van der Waals surface area contributed by atoms with Gasteiger partial charge in [0.1, 0.15) is 11.3 Å². The highest BCUT2D eigenvalue weighted by molar-refractivity contribution is 6.30. The Hall–Kier alpha value is -1.31. The lowest BCUT2D eigenvalue weighted by Crippen LogP contribution is -2.19. The normalized spacial score (nSPS) is 17.8. The van der Waals surface area contributed by atoms with Gasteiger partial charge in [0.25, 0.3) is 0 Å². The quantitative estimate of drug-likeness (QED) is 0.646. The highest BCUT2D eigenvalue weighted by atomic mass is 35.5. The van der Waals surface area contributed by atoms with Gasteiger partial charge in [0.2, 0.25) is 6.08 Å². The van der Waals surface area contributed by atoms with Crippen molar-refractivity contribution < 1.29 is 9.90 Å². The Bertz CT molecular complexity index is 486. The molecule has 0 spiro atoms. The molecule has 1 aliphatic rings. The number of nitrogens with zero attached hydrogens (tertiary/aromatic N) is 1. The smallest absolute Gasteiger partial charge is 0.235 e. The van der Waals surface area contributed by atoms with Crippen molar-refractivity contribution in [3.8, 4) is 5.75 Å². The predicted octanol–water partition coefficient (Wildman–Crippen LogP) is 3.46. The number of aryl methyl sites for hydroxylation is 1. The molecule has 0 heterocycles. The van der Waals surface area contributed by atoms with Gasteiger partial charge in [-0.25, -0.2) is 4.79 Å². The van der Waals surface area contributed by atoms with Crippen LogP contribution < -0.4 is 0 Å². The van der Waals surface area contributed by atoms with Crippen molar-refractivity contribution in [1.82, 2.24) is 0 Å². The number of rotatable bonds is 2. The van der Waals surface area contributed by atoms with Gasteiger partial charge in [-0.15, -0.1) is 0 Å². The minimum Gasteiger partial charge on any atom is -0.507 e. The van der Waals surface area contributed by atoms with Crippen LogP contribution in [0, 0.1) is 6.92 Å². The van der Waals surface area contributed by atoms with Crippen LogP contribution in [-0.4, -0.2) is 11.2 Å². The van der Waals surface area contributed by atoms with E-state index in [9.17, 15) is 9.90 Å². The van der Waals surface area contributed by atoms with Crippen molar-refractivity contribution >= 4 is 17.7 Å². The van der Waals surface area contributed by atoms with Crippen molar-refractivity contribution in [1.29, 1.82) is 0 Å². The maximum atomic E-state index is 10.6. The number of aliphatic imine (C=N–C) groups is 1. The zero-order valence-electron chi connectivity index (χ0n) is 9.66. The third-order valence-electron chi connectivity index (χ3n) is 3.46. The summed E-state index contributed by atoms with van der Waals surface area (Å²) in [6, 6.07) is 3.41. The largest absolute Gasteiger partial charge is 0.507 e. The first-order valence-electron chi connectivity index (χ1n) is 5.68. The molecule has 17 heavy (non-hydrogen) atoms. The summed E-state index contributed by atoms with van der Waals surface area (Å²) in [5, 5.41) is 10.7. The Kier molecular flexibility index (Phi) is 3.23. The minimum absolute atomic E-state index is 0.190. The lowest BCUT2D eigenvalue weighted by molar-refractivity contribution is 0.406. The fourth-order valence-corrected chi connectivity index (χ4v) is 2.85. The van der Waals surface area contributed by atoms with E-state index in [1.54, 1.807) is 25.1 Å². The lowest BCUT2D eigenvalue weighted by Gasteiger charge is -2.24. The third kappa shape index (κ3) is 2.08. The van der Waals surface area contributed by atoms with Crippen molar-refractivity contribution in [2.45, 2.75) is 38.1 Å².